The standard InChI is InChI=1S/C53H32N4O/c1-3-13-33(14-4-1)34-25-27-38(28-26-34)52-54-51(37-17-5-2-6-18-37)55-53(56-52)57-48-40-20-10-8-16-36(40)29-31-43(48)41-21-11-22-42(49(41)57)44-23-12-24-45-47-39-19-9-7-15-35(39)30-32-46(47)58-50(44)45/h1-32H. The summed E-state index contributed by atoms with van der Waals surface area (Å²) in [6, 6.07) is 67.9. The van der Waals surface area contributed by atoms with E-state index in [1.165, 1.54) is 10.8 Å². The largest absolute Gasteiger partial charge is 0.455 e. The van der Waals surface area contributed by atoms with E-state index in [9.17, 15) is 0 Å². The van der Waals surface area contributed by atoms with Crippen molar-refractivity contribution in [1.29, 1.82) is 0 Å². The third-order valence-electron chi connectivity index (χ3n) is 11.5. The van der Waals surface area contributed by atoms with Gasteiger partial charge in [0.05, 0.1) is 11.0 Å². The van der Waals surface area contributed by atoms with Crippen molar-refractivity contribution >= 4 is 65.3 Å². The Morgan fingerprint density at radius 1 is 0.345 bits per heavy atom. The van der Waals surface area contributed by atoms with Crippen LogP contribution in [0, 0.1) is 0 Å². The number of benzene rings is 9. The van der Waals surface area contributed by atoms with Crippen LogP contribution >= 0.6 is 0 Å². The fourth-order valence-electron chi connectivity index (χ4n) is 8.78. The number of rotatable bonds is 5. The minimum Gasteiger partial charge on any atom is -0.455 e. The van der Waals surface area contributed by atoms with E-state index >= 15 is 0 Å². The van der Waals surface area contributed by atoms with Gasteiger partial charge in [-0.2, -0.15) is 9.97 Å². The van der Waals surface area contributed by atoms with Crippen LogP contribution < -0.4 is 0 Å². The molecule has 3 aromatic heterocycles. The van der Waals surface area contributed by atoms with Crippen LogP contribution in [-0.4, -0.2) is 19.5 Å². The molecule has 0 aliphatic heterocycles. The SMILES string of the molecule is c1ccc(-c2ccc(-c3nc(-c4ccccc4)nc(-n4c5c(-c6cccc7c6oc6ccc8ccccc8c67)cccc5c5ccc6ccccc6c54)n3)cc2)cc1. The highest BCUT2D eigenvalue weighted by Gasteiger charge is 2.24. The maximum Gasteiger partial charge on any atom is 0.238 e. The van der Waals surface area contributed by atoms with Crippen LogP contribution in [0.1, 0.15) is 0 Å². The first-order chi connectivity index (χ1) is 28.8. The summed E-state index contributed by atoms with van der Waals surface area (Å²) in [5.41, 5.74) is 9.91. The van der Waals surface area contributed by atoms with Crippen molar-refractivity contribution in [2.45, 2.75) is 0 Å². The molecule has 0 bridgehead atoms. The van der Waals surface area contributed by atoms with Crippen molar-refractivity contribution < 1.29 is 4.42 Å². The molecule has 0 fully saturated rings. The first-order valence-corrected chi connectivity index (χ1v) is 19.5. The molecule has 0 radical (unpaired) electrons. The Kier molecular flexibility index (Phi) is 7.16. The summed E-state index contributed by atoms with van der Waals surface area (Å²) in [5.74, 6) is 1.75. The fraction of sp³-hybridized carbons (Fsp3) is 0. The summed E-state index contributed by atoms with van der Waals surface area (Å²) < 4.78 is 9.09. The monoisotopic (exact) mass is 740 g/mol. The molecule has 270 valence electrons. The zero-order valence-electron chi connectivity index (χ0n) is 31.2. The van der Waals surface area contributed by atoms with Crippen molar-refractivity contribution in [1.82, 2.24) is 19.5 Å². The highest BCUT2D eigenvalue weighted by Crippen LogP contribution is 2.44. The Morgan fingerprint density at radius 3 is 1.64 bits per heavy atom. The zero-order chi connectivity index (χ0) is 38.2. The molecule has 5 heteroatoms. The lowest BCUT2D eigenvalue weighted by Gasteiger charge is -2.14. The van der Waals surface area contributed by atoms with Gasteiger partial charge in [0.25, 0.3) is 0 Å². The van der Waals surface area contributed by atoms with E-state index in [0.29, 0.717) is 17.6 Å². The number of furan rings is 1. The van der Waals surface area contributed by atoms with Crippen LogP contribution in [0.25, 0.3) is 116 Å². The fourth-order valence-corrected chi connectivity index (χ4v) is 8.78. The van der Waals surface area contributed by atoms with Gasteiger partial charge in [-0.3, -0.25) is 4.57 Å². The Morgan fingerprint density at radius 2 is 0.879 bits per heavy atom. The van der Waals surface area contributed by atoms with Crippen molar-refractivity contribution in [2.24, 2.45) is 0 Å². The Labute approximate surface area is 333 Å². The molecule has 0 aliphatic rings. The van der Waals surface area contributed by atoms with Gasteiger partial charge in [-0.05, 0) is 33.4 Å². The molecule has 0 unspecified atom stereocenters. The molecular formula is C53H32N4O. The second kappa shape index (κ2) is 12.8. The highest BCUT2D eigenvalue weighted by molar-refractivity contribution is 6.24. The molecule has 9 aromatic carbocycles. The van der Waals surface area contributed by atoms with Gasteiger partial charge in [-0.1, -0.05) is 188 Å². The minimum absolute atomic E-state index is 0.544. The van der Waals surface area contributed by atoms with Crippen LogP contribution in [0.3, 0.4) is 0 Å². The molecule has 0 spiro atoms. The number of hydrogen-bond acceptors (Lipinski definition) is 4. The van der Waals surface area contributed by atoms with Crippen molar-refractivity contribution in [3.63, 3.8) is 0 Å². The van der Waals surface area contributed by atoms with Gasteiger partial charge in [-0.15, -0.1) is 0 Å². The zero-order valence-corrected chi connectivity index (χ0v) is 31.2. The molecule has 3 heterocycles. The maximum absolute atomic E-state index is 6.83. The number of fused-ring (bicyclic) bond motifs is 10. The van der Waals surface area contributed by atoms with Crippen LogP contribution in [0.2, 0.25) is 0 Å². The smallest absolute Gasteiger partial charge is 0.238 e. The third kappa shape index (κ3) is 5.00. The highest BCUT2D eigenvalue weighted by atomic mass is 16.3. The minimum atomic E-state index is 0.544. The molecule has 0 amide bonds. The van der Waals surface area contributed by atoms with Gasteiger partial charge in [0.1, 0.15) is 11.2 Å². The topological polar surface area (TPSA) is 56.7 Å². The molecule has 5 nitrogen and oxygen atoms in total. The Bertz CT molecular complexity index is 3550. The summed E-state index contributed by atoms with van der Waals surface area (Å²) in [5, 5.41) is 9.06. The summed E-state index contributed by atoms with van der Waals surface area (Å²) in [6.07, 6.45) is 0. The second-order valence-electron chi connectivity index (χ2n) is 14.8. The normalized spacial score (nSPS) is 11.8. The van der Waals surface area contributed by atoms with Gasteiger partial charge < -0.3 is 4.42 Å². The molecule has 12 aromatic rings. The third-order valence-corrected chi connectivity index (χ3v) is 11.5. The average Bonchev–Trinajstić information content (AvgIpc) is 3.86. The molecule has 0 saturated carbocycles. The van der Waals surface area contributed by atoms with Gasteiger partial charge in [0, 0.05) is 49.2 Å². The van der Waals surface area contributed by atoms with Crippen LogP contribution in [0.4, 0.5) is 0 Å². The molecule has 0 N–H and O–H groups in total. The number of para-hydroxylation sites is 2. The van der Waals surface area contributed by atoms with Crippen LogP contribution in [0.15, 0.2) is 199 Å². The first-order valence-electron chi connectivity index (χ1n) is 19.5. The Balaban J connectivity index is 1.17. The molecule has 0 aliphatic carbocycles. The van der Waals surface area contributed by atoms with Crippen LogP contribution in [-0.2, 0) is 0 Å². The van der Waals surface area contributed by atoms with Crippen molar-refractivity contribution in [3.05, 3.63) is 194 Å². The predicted octanol–water partition coefficient (Wildman–Crippen LogP) is 13.8. The quantitative estimate of drug-likeness (QED) is 0.176. The predicted molar refractivity (Wildman–Crippen MR) is 238 cm³/mol. The molecule has 12 rings (SSSR count). The lowest BCUT2D eigenvalue weighted by Crippen LogP contribution is -2.07. The number of hydrogen-bond donors (Lipinski definition) is 0. The maximum atomic E-state index is 6.83. The summed E-state index contributed by atoms with van der Waals surface area (Å²) in [7, 11) is 0. The lowest BCUT2D eigenvalue weighted by molar-refractivity contribution is 0.670. The Hall–Kier alpha value is -7.89. The molecule has 0 saturated heterocycles. The summed E-state index contributed by atoms with van der Waals surface area (Å²) in [6.45, 7) is 0. The van der Waals surface area contributed by atoms with Crippen LogP contribution in [0.5, 0.6) is 0 Å². The van der Waals surface area contributed by atoms with Gasteiger partial charge in [-0.25, -0.2) is 4.98 Å². The molecule has 58 heavy (non-hydrogen) atoms. The van der Waals surface area contributed by atoms with Crippen molar-refractivity contribution in [2.75, 3.05) is 0 Å². The van der Waals surface area contributed by atoms with E-state index in [1.807, 2.05) is 24.3 Å². The summed E-state index contributed by atoms with van der Waals surface area (Å²) in [4.78, 5) is 15.8. The number of aromatic nitrogens is 4. The first kappa shape index (κ1) is 32.4. The lowest BCUT2D eigenvalue weighted by atomic mass is 9.98. The van der Waals surface area contributed by atoms with E-state index < -0.39 is 0 Å². The van der Waals surface area contributed by atoms with E-state index in [2.05, 4.69) is 174 Å². The van der Waals surface area contributed by atoms with Gasteiger partial charge >= 0.3 is 0 Å². The molecule has 0 atom stereocenters. The van der Waals surface area contributed by atoms with E-state index in [0.717, 1.165) is 87.9 Å². The van der Waals surface area contributed by atoms with Gasteiger partial charge in [0.2, 0.25) is 5.95 Å². The molecular weight excluding hydrogens is 709 g/mol. The average molecular weight is 741 g/mol. The van der Waals surface area contributed by atoms with Crippen molar-refractivity contribution in [3.8, 4) is 51.0 Å². The van der Waals surface area contributed by atoms with E-state index in [4.69, 9.17) is 19.4 Å². The number of nitrogens with zero attached hydrogens (tertiary/aromatic N) is 4. The van der Waals surface area contributed by atoms with Gasteiger partial charge in [0.15, 0.2) is 11.6 Å². The van der Waals surface area contributed by atoms with E-state index in [-0.39, 0.29) is 0 Å². The second-order valence-corrected chi connectivity index (χ2v) is 14.8. The van der Waals surface area contributed by atoms with E-state index in [1.54, 1.807) is 0 Å². The summed E-state index contributed by atoms with van der Waals surface area (Å²) >= 11 is 0.